The van der Waals surface area contributed by atoms with E-state index >= 15 is 0 Å². The van der Waals surface area contributed by atoms with Gasteiger partial charge in [0.2, 0.25) is 0 Å². The number of allylic oxidation sites excluding steroid dienone is 24. The highest BCUT2D eigenvalue weighted by Gasteiger charge is 2.19. The normalized spacial score (nSPS) is 13.1. The van der Waals surface area contributed by atoms with Gasteiger partial charge >= 0.3 is 17.9 Å². The minimum absolute atomic E-state index is 0.0960. The Morgan fingerprint density at radius 1 is 0.256 bits per heavy atom. The zero-order valence-electron chi connectivity index (χ0n) is 53.2. The fourth-order valence-corrected chi connectivity index (χ4v) is 9.10. The molecule has 0 radical (unpaired) electrons. The summed E-state index contributed by atoms with van der Waals surface area (Å²) in [6, 6.07) is 0. The fraction of sp³-hybridized carbons (Fsp3) is 0.645. The lowest BCUT2D eigenvalue weighted by molar-refractivity contribution is -0.167. The van der Waals surface area contributed by atoms with Crippen LogP contribution in [-0.2, 0) is 28.6 Å². The summed E-state index contributed by atoms with van der Waals surface area (Å²) in [6.45, 7) is 6.40. The maximum atomic E-state index is 13.0. The molecule has 0 saturated carbocycles. The van der Waals surface area contributed by atoms with E-state index in [0.29, 0.717) is 19.3 Å². The van der Waals surface area contributed by atoms with Crippen molar-refractivity contribution in [2.75, 3.05) is 13.2 Å². The van der Waals surface area contributed by atoms with E-state index in [0.717, 1.165) is 154 Å². The molecule has 1 unspecified atom stereocenters. The van der Waals surface area contributed by atoms with Crippen LogP contribution in [0.25, 0.3) is 0 Å². The summed E-state index contributed by atoms with van der Waals surface area (Å²) in [5.74, 6) is -0.936. The Morgan fingerprint density at radius 3 is 0.756 bits per heavy atom. The molecule has 0 aliphatic heterocycles. The van der Waals surface area contributed by atoms with Crippen LogP contribution in [0.3, 0.4) is 0 Å². The van der Waals surface area contributed by atoms with E-state index in [1.165, 1.54) is 103 Å². The monoisotopic (exact) mass is 1130 g/mol. The largest absolute Gasteiger partial charge is 0.462 e. The third kappa shape index (κ3) is 66.1. The zero-order valence-corrected chi connectivity index (χ0v) is 53.2. The summed E-state index contributed by atoms with van der Waals surface area (Å²) >= 11 is 0. The van der Waals surface area contributed by atoms with Crippen molar-refractivity contribution in [3.63, 3.8) is 0 Å². The molecule has 82 heavy (non-hydrogen) atoms. The first-order valence-electron chi connectivity index (χ1n) is 33.8. The molecule has 0 aromatic rings. The standard InChI is InChI=1S/C76H124O6/c1-4-7-10-13-16-19-22-25-28-31-33-35-37-38-40-41-43-45-48-51-54-57-60-63-66-69-75(78)81-72-73(71-80-74(77)68-65-62-59-56-53-50-47-30-27-24-21-18-15-12-9-6-3)82-76(79)70-67-64-61-58-55-52-49-46-44-42-39-36-34-32-29-26-23-20-17-14-11-8-5-2/h7-8,10-11,16-17,19-20,25-26,28-29,33-36,38,40,42-45,51,54,73H,4-6,9,12-15,18,21-24,27,30-32,37,39,41,46-50,52-53,55-72H2,1-3H3/b10-7-,11-8-,19-16-,20-17-,28-25-,29-26-,35-33-,36-34-,40-38-,44-42-,45-43-,54-51-. The van der Waals surface area contributed by atoms with Crippen molar-refractivity contribution in [1.29, 1.82) is 0 Å². The number of esters is 3. The summed E-state index contributed by atoms with van der Waals surface area (Å²) in [6.07, 6.45) is 98.5. The van der Waals surface area contributed by atoms with Crippen LogP contribution < -0.4 is 0 Å². The highest BCUT2D eigenvalue weighted by Crippen LogP contribution is 2.16. The molecule has 0 bridgehead atoms. The molecule has 0 aromatic carbocycles. The van der Waals surface area contributed by atoms with E-state index in [-0.39, 0.29) is 31.1 Å². The van der Waals surface area contributed by atoms with E-state index in [4.69, 9.17) is 14.2 Å². The van der Waals surface area contributed by atoms with Crippen LogP contribution >= 0.6 is 0 Å². The van der Waals surface area contributed by atoms with Gasteiger partial charge in [-0.05, 0) is 122 Å². The van der Waals surface area contributed by atoms with Gasteiger partial charge in [0, 0.05) is 19.3 Å². The maximum Gasteiger partial charge on any atom is 0.306 e. The van der Waals surface area contributed by atoms with Gasteiger partial charge in [-0.25, -0.2) is 0 Å². The number of hydrogen-bond donors (Lipinski definition) is 0. The quantitative estimate of drug-likeness (QED) is 0.0261. The first-order chi connectivity index (χ1) is 40.5. The Morgan fingerprint density at radius 2 is 0.476 bits per heavy atom. The van der Waals surface area contributed by atoms with E-state index in [1.807, 2.05) is 0 Å². The minimum atomic E-state index is -0.805. The van der Waals surface area contributed by atoms with E-state index in [9.17, 15) is 14.4 Å². The van der Waals surface area contributed by atoms with Gasteiger partial charge in [-0.15, -0.1) is 0 Å². The summed E-state index contributed by atoms with van der Waals surface area (Å²) < 4.78 is 16.9. The lowest BCUT2D eigenvalue weighted by Crippen LogP contribution is -2.30. The van der Waals surface area contributed by atoms with Crippen molar-refractivity contribution >= 4 is 17.9 Å². The van der Waals surface area contributed by atoms with Crippen LogP contribution in [0.5, 0.6) is 0 Å². The second-order valence-electron chi connectivity index (χ2n) is 22.0. The summed E-state index contributed by atoms with van der Waals surface area (Å²) in [7, 11) is 0. The van der Waals surface area contributed by atoms with Crippen LogP contribution in [0, 0.1) is 0 Å². The van der Waals surface area contributed by atoms with Crippen molar-refractivity contribution in [1.82, 2.24) is 0 Å². The van der Waals surface area contributed by atoms with Crippen molar-refractivity contribution in [2.24, 2.45) is 0 Å². The molecule has 0 aromatic heterocycles. The Bertz CT molecular complexity index is 1780. The Balaban J connectivity index is 4.48. The van der Waals surface area contributed by atoms with Gasteiger partial charge in [0.25, 0.3) is 0 Å². The number of hydrogen-bond acceptors (Lipinski definition) is 6. The molecule has 0 saturated heterocycles. The molecule has 1 atom stereocenters. The van der Waals surface area contributed by atoms with Crippen molar-refractivity contribution in [3.05, 3.63) is 146 Å². The molecule has 0 spiro atoms. The van der Waals surface area contributed by atoms with Crippen molar-refractivity contribution in [3.8, 4) is 0 Å². The molecule has 0 N–H and O–H groups in total. The van der Waals surface area contributed by atoms with Gasteiger partial charge in [-0.3, -0.25) is 14.4 Å². The number of carbonyl (C=O) groups is 3. The molecular formula is C76H124O6. The number of unbranched alkanes of at least 4 members (excludes halogenated alkanes) is 25. The van der Waals surface area contributed by atoms with Gasteiger partial charge in [0.05, 0.1) is 0 Å². The summed E-state index contributed by atoms with van der Waals surface area (Å²) in [5.41, 5.74) is 0. The zero-order chi connectivity index (χ0) is 59.2. The molecule has 0 heterocycles. The second kappa shape index (κ2) is 68.8. The van der Waals surface area contributed by atoms with Gasteiger partial charge in [0.15, 0.2) is 6.10 Å². The van der Waals surface area contributed by atoms with E-state index in [1.54, 1.807) is 0 Å². The van der Waals surface area contributed by atoms with Gasteiger partial charge < -0.3 is 14.2 Å². The van der Waals surface area contributed by atoms with Crippen LogP contribution in [0.1, 0.15) is 297 Å². The molecule has 0 fully saturated rings. The molecule has 0 amide bonds. The van der Waals surface area contributed by atoms with E-state index in [2.05, 4.69) is 167 Å². The molecule has 0 rings (SSSR count). The van der Waals surface area contributed by atoms with Crippen molar-refractivity contribution < 1.29 is 28.6 Å². The molecule has 0 aliphatic carbocycles. The van der Waals surface area contributed by atoms with Crippen LogP contribution in [-0.4, -0.2) is 37.2 Å². The fourth-order valence-electron chi connectivity index (χ4n) is 9.10. The molecule has 6 heteroatoms. The average Bonchev–Trinajstić information content (AvgIpc) is 3.47. The predicted molar refractivity (Wildman–Crippen MR) is 357 cm³/mol. The molecule has 0 aliphatic rings. The van der Waals surface area contributed by atoms with Gasteiger partial charge in [-0.2, -0.15) is 0 Å². The third-order valence-corrected chi connectivity index (χ3v) is 14.1. The first-order valence-corrected chi connectivity index (χ1v) is 33.8. The number of rotatable bonds is 60. The van der Waals surface area contributed by atoms with Crippen molar-refractivity contribution in [2.45, 2.75) is 303 Å². The second-order valence-corrected chi connectivity index (χ2v) is 22.0. The lowest BCUT2D eigenvalue weighted by Gasteiger charge is -2.18. The predicted octanol–water partition coefficient (Wildman–Crippen LogP) is 23.5. The maximum absolute atomic E-state index is 13.0. The summed E-state index contributed by atoms with van der Waals surface area (Å²) in [5, 5.41) is 0. The smallest absolute Gasteiger partial charge is 0.306 e. The Hall–Kier alpha value is -4.71. The highest BCUT2D eigenvalue weighted by molar-refractivity contribution is 5.71. The van der Waals surface area contributed by atoms with E-state index < -0.39 is 6.10 Å². The SMILES string of the molecule is CC/C=C\C/C=C\C/C=C\C/C=C\C/C=C\C/C=C\C/C=C\CCCCCC(=O)OCC(COC(=O)CCCCCCCCCCCCCCCCCC)OC(=O)CCCCCCCCC/C=C\C/C=C\C/C=C\C/C=C\C/C=C\CC. The summed E-state index contributed by atoms with van der Waals surface area (Å²) in [4.78, 5) is 38.4. The topological polar surface area (TPSA) is 78.9 Å². The third-order valence-electron chi connectivity index (χ3n) is 14.1. The molecular weight excluding hydrogens is 1010 g/mol. The Labute approximate surface area is 506 Å². The van der Waals surface area contributed by atoms with Crippen LogP contribution in [0.2, 0.25) is 0 Å². The molecule has 464 valence electrons. The van der Waals surface area contributed by atoms with Gasteiger partial charge in [0.1, 0.15) is 13.2 Å². The lowest BCUT2D eigenvalue weighted by atomic mass is 10.0. The van der Waals surface area contributed by atoms with Gasteiger partial charge in [-0.1, -0.05) is 301 Å². The first kappa shape index (κ1) is 77.3. The van der Waals surface area contributed by atoms with Crippen LogP contribution in [0.4, 0.5) is 0 Å². The minimum Gasteiger partial charge on any atom is -0.462 e. The molecule has 6 nitrogen and oxygen atoms in total. The Kier molecular flexibility index (Phi) is 64.8. The number of ether oxygens (including phenoxy) is 3. The average molecular weight is 1130 g/mol. The highest BCUT2D eigenvalue weighted by atomic mass is 16.6. The van der Waals surface area contributed by atoms with Crippen LogP contribution in [0.15, 0.2) is 146 Å². The number of carbonyl (C=O) groups excluding carboxylic acids is 3.